The molecule has 0 amide bonds. The standard InChI is InChI=1S/C14H14ClNO3/c1-18-14(17)13(10-5-3-2-4-6-10)16-9-11-7-8-12(15)19-11/h2-8,13,16H,9H2,1H3. The highest BCUT2D eigenvalue weighted by atomic mass is 35.5. The molecule has 0 saturated heterocycles. The second-order valence-corrected chi connectivity index (χ2v) is 4.33. The van der Waals surface area contributed by atoms with Gasteiger partial charge in [0.15, 0.2) is 5.22 Å². The molecule has 0 aliphatic rings. The predicted molar refractivity (Wildman–Crippen MR) is 71.8 cm³/mol. The molecule has 1 unspecified atom stereocenters. The zero-order valence-electron chi connectivity index (χ0n) is 10.4. The highest BCUT2D eigenvalue weighted by Crippen LogP contribution is 2.17. The van der Waals surface area contributed by atoms with Crippen LogP contribution in [0.3, 0.4) is 0 Å². The predicted octanol–water partition coefficient (Wildman–Crippen LogP) is 2.94. The molecule has 1 aromatic carbocycles. The van der Waals surface area contributed by atoms with Crippen molar-refractivity contribution in [2.75, 3.05) is 7.11 Å². The van der Waals surface area contributed by atoms with Gasteiger partial charge in [0.05, 0.1) is 13.7 Å². The lowest BCUT2D eigenvalue weighted by atomic mass is 10.1. The summed E-state index contributed by atoms with van der Waals surface area (Å²) in [5.41, 5.74) is 0.840. The smallest absolute Gasteiger partial charge is 0.327 e. The van der Waals surface area contributed by atoms with Gasteiger partial charge in [0.2, 0.25) is 0 Å². The van der Waals surface area contributed by atoms with Gasteiger partial charge in [0.25, 0.3) is 0 Å². The van der Waals surface area contributed by atoms with Crippen molar-refractivity contribution in [3.63, 3.8) is 0 Å². The van der Waals surface area contributed by atoms with Crippen LogP contribution in [-0.4, -0.2) is 13.1 Å². The molecular weight excluding hydrogens is 266 g/mol. The van der Waals surface area contributed by atoms with Crippen LogP contribution in [0.2, 0.25) is 5.22 Å². The molecule has 2 aromatic rings. The number of carbonyl (C=O) groups is 1. The van der Waals surface area contributed by atoms with Crippen LogP contribution in [-0.2, 0) is 16.1 Å². The molecular formula is C14H14ClNO3. The van der Waals surface area contributed by atoms with E-state index in [0.717, 1.165) is 5.56 Å². The second kappa shape index (κ2) is 6.41. The summed E-state index contributed by atoms with van der Waals surface area (Å²) in [5.74, 6) is 0.318. The molecule has 100 valence electrons. The maximum Gasteiger partial charge on any atom is 0.327 e. The number of nitrogens with one attached hydrogen (secondary N) is 1. The Hall–Kier alpha value is -1.78. The Morgan fingerprint density at radius 3 is 2.63 bits per heavy atom. The molecule has 0 saturated carbocycles. The third kappa shape index (κ3) is 3.59. The van der Waals surface area contributed by atoms with Crippen molar-refractivity contribution in [3.8, 4) is 0 Å². The van der Waals surface area contributed by atoms with Gasteiger partial charge in [-0.3, -0.25) is 5.32 Å². The third-order valence-corrected chi connectivity index (χ3v) is 2.88. The molecule has 0 radical (unpaired) electrons. The van der Waals surface area contributed by atoms with E-state index in [4.69, 9.17) is 20.8 Å². The molecule has 0 spiro atoms. The van der Waals surface area contributed by atoms with Gasteiger partial charge in [-0.2, -0.15) is 0 Å². The molecule has 19 heavy (non-hydrogen) atoms. The Balaban J connectivity index is 2.09. The Labute approximate surface area is 116 Å². The topological polar surface area (TPSA) is 51.5 Å². The van der Waals surface area contributed by atoms with Crippen LogP contribution in [0.4, 0.5) is 0 Å². The minimum absolute atomic E-state index is 0.325. The number of carbonyl (C=O) groups excluding carboxylic acids is 1. The highest BCUT2D eigenvalue weighted by Gasteiger charge is 2.20. The van der Waals surface area contributed by atoms with E-state index in [1.807, 2.05) is 30.3 Å². The summed E-state index contributed by atoms with van der Waals surface area (Å²) in [6, 6.07) is 12.3. The first-order chi connectivity index (χ1) is 9.20. The molecule has 5 heteroatoms. The summed E-state index contributed by atoms with van der Waals surface area (Å²) in [6.07, 6.45) is 0. The number of methoxy groups -OCH3 is 1. The van der Waals surface area contributed by atoms with Crippen molar-refractivity contribution in [2.45, 2.75) is 12.6 Å². The molecule has 0 aliphatic heterocycles. The van der Waals surface area contributed by atoms with Gasteiger partial charge in [-0.15, -0.1) is 0 Å². The van der Waals surface area contributed by atoms with Crippen molar-refractivity contribution in [2.24, 2.45) is 0 Å². The average molecular weight is 280 g/mol. The van der Waals surface area contributed by atoms with Crippen molar-refractivity contribution in [3.05, 3.63) is 59.0 Å². The van der Waals surface area contributed by atoms with Crippen molar-refractivity contribution < 1.29 is 13.9 Å². The summed E-state index contributed by atoms with van der Waals surface area (Å²) in [5, 5.41) is 3.41. The monoisotopic (exact) mass is 279 g/mol. The highest BCUT2D eigenvalue weighted by molar-refractivity contribution is 6.28. The van der Waals surface area contributed by atoms with Crippen molar-refractivity contribution in [1.29, 1.82) is 0 Å². The number of ether oxygens (including phenoxy) is 1. The van der Waals surface area contributed by atoms with E-state index in [2.05, 4.69) is 5.32 Å². The van der Waals surface area contributed by atoms with Crippen LogP contribution in [0.25, 0.3) is 0 Å². The van der Waals surface area contributed by atoms with Crippen LogP contribution < -0.4 is 5.32 Å². The molecule has 0 aliphatic carbocycles. The van der Waals surface area contributed by atoms with Crippen LogP contribution in [0.1, 0.15) is 17.4 Å². The number of furan rings is 1. The molecule has 2 rings (SSSR count). The molecule has 1 heterocycles. The number of hydrogen-bond acceptors (Lipinski definition) is 4. The fourth-order valence-electron chi connectivity index (χ4n) is 1.75. The number of benzene rings is 1. The third-order valence-electron chi connectivity index (χ3n) is 2.68. The maximum atomic E-state index is 11.8. The van der Waals surface area contributed by atoms with Crippen LogP contribution in [0.5, 0.6) is 0 Å². The van der Waals surface area contributed by atoms with E-state index in [0.29, 0.717) is 17.5 Å². The molecule has 0 fully saturated rings. The van der Waals surface area contributed by atoms with Gasteiger partial charge < -0.3 is 9.15 Å². The molecule has 1 atom stereocenters. The van der Waals surface area contributed by atoms with Gasteiger partial charge >= 0.3 is 5.97 Å². The minimum atomic E-state index is -0.532. The Morgan fingerprint density at radius 1 is 1.32 bits per heavy atom. The number of halogens is 1. The van der Waals surface area contributed by atoms with Crippen LogP contribution in [0.15, 0.2) is 46.9 Å². The first kappa shape index (κ1) is 13.6. The van der Waals surface area contributed by atoms with Gasteiger partial charge in [-0.05, 0) is 29.3 Å². The molecule has 1 aromatic heterocycles. The zero-order valence-corrected chi connectivity index (χ0v) is 11.2. The second-order valence-electron chi connectivity index (χ2n) is 3.95. The number of esters is 1. The molecule has 4 nitrogen and oxygen atoms in total. The summed E-state index contributed by atoms with van der Waals surface area (Å²) in [7, 11) is 1.36. The van der Waals surface area contributed by atoms with Crippen LogP contribution in [0, 0.1) is 0 Å². The van der Waals surface area contributed by atoms with Crippen molar-refractivity contribution in [1.82, 2.24) is 5.32 Å². The van der Waals surface area contributed by atoms with E-state index in [9.17, 15) is 4.79 Å². The maximum absolute atomic E-state index is 11.8. The first-order valence-corrected chi connectivity index (χ1v) is 6.19. The zero-order chi connectivity index (χ0) is 13.7. The lowest BCUT2D eigenvalue weighted by Crippen LogP contribution is -2.29. The van der Waals surface area contributed by atoms with E-state index in [1.54, 1.807) is 12.1 Å². The lowest BCUT2D eigenvalue weighted by molar-refractivity contribution is -0.143. The van der Waals surface area contributed by atoms with E-state index >= 15 is 0 Å². The average Bonchev–Trinajstić information content (AvgIpc) is 2.85. The van der Waals surface area contributed by atoms with E-state index < -0.39 is 6.04 Å². The van der Waals surface area contributed by atoms with Gasteiger partial charge in [0, 0.05) is 0 Å². The first-order valence-electron chi connectivity index (χ1n) is 5.81. The Bertz CT molecular complexity index is 539. The molecule has 0 bridgehead atoms. The molecule has 1 N–H and O–H groups in total. The van der Waals surface area contributed by atoms with Crippen molar-refractivity contribution >= 4 is 17.6 Å². The minimum Gasteiger partial charge on any atom is -0.468 e. The Morgan fingerprint density at radius 2 is 2.05 bits per heavy atom. The van der Waals surface area contributed by atoms with Gasteiger partial charge in [0.1, 0.15) is 11.8 Å². The summed E-state index contributed by atoms with van der Waals surface area (Å²) in [6.45, 7) is 0.390. The summed E-state index contributed by atoms with van der Waals surface area (Å²) < 4.78 is 10.0. The van der Waals surface area contributed by atoms with Gasteiger partial charge in [-0.25, -0.2) is 4.79 Å². The summed E-state index contributed by atoms with van der Waals surface area (Å²) in [4.78, 5) is 11.8. The van der Waals surface area contributed by atoms with E-state index in [-0.39, 0.29) is 5.97 Å². The number of rotatable bonds is 5. The van der Waals surface area contributed by atoms with Crippen LogP contribution >= 0.6 is 11.6 Å². The SMILES string of the molecule is COC(=O)C(NCc1ccc(Cl)o1)c1ccccc1. The fourth-order valence-corrected chi connectivity index (χ4v) is 1.91. The largest absolute Gasteiger partial charge is 0.468 e. The normalized spacial score (nSPS) is 12.1. The van der Waals surface area contributed by atoms with E-state index in [1.165, 1.54) is 7.11 Å². The fraction of sp³-hybridized carbons (Fsp3) is 0.214. The Kier molecular flexibility index (Phi) is 4.60. The quantitative estimate of drug-likeness (QED) is 0.855. The van der Waals surface area contributed by atoms with Gasteiger partial charge in [-0.1, -0.05) is 30.3 Å². The summed E-state index contributed by atoms with van der Waals surface area (Å²) >= 11 is 5.70. The number of hydrogen-bond donors (Lipinski definition) is 1. The lowest BCUT2D eigenvalue weighted by Gasteiger charge is -2.16.